The molecule has 170 valence electrons. The third kappa shape index (κ3) is 3.21. The molecule has 0 radical (unpaired) electrons. The summed E-state index contributed by atoms with van der Waals surface area (Å²) in [5.74, 6) is -0.589. The molecule has 5 rings (SSSR count). The molecule has 0 bridgehead atoms. The zero-order chi connectivity index (χ0) is 22.8. The van der Waals surface area contributed by atoms with Crippen LogP contribution < -0.4 is 9.64 Å². The van der Waals surface area contributed by atoms with Crippen LogP contribution in [-0.4, -0.2) is 48.4 Å². The van der Waals surface area contributed by atoms with Crippen molar-refractivity contribution in [2.45, 2.75) is 51.2 Å². The Balaban J connectivity index is 1.59. The fourth-order valence-corrected chi connectivity index (χ4v) is 5.37. The first-order valence-corrected chi connectivity index (χ1v) is 11.1. The molecule has 0 aromatic heterocycles. The largest absolute Gasteiger partial charge is 0.490 e. The lowest BCUT2D eigenvalue weighted by molar-refractivity contribution is 0.0149. The molecule has 2 unspecified atom stereocenters. The van der Waals surface area contributed by atoms with E-state index in [0.717, 1.165) is 24.2 Å². The average molecular weight is 443 g/mol. The van der Waals surface area contributed by atoms with Crippen LogP contribution in [0.4, 0.5) is 19.3 Å². The highest BCUT2D eigenvalue weighted by Crippen LogP contribution is 2.57. The minimum atomic E-state index is -0.607. The molecule has 1 fully saturated rings. The molecule has 32 heavy (non-hydrogen) atoms. The molecule has 5 nitrogen and oxygen atoms in total. The van der Waals surface area contributed by atoms with Gasteiger partial charge in [0.1, 0.15) is 29.6 Å². The Hall–Kier alpha value is -2.83. The van der Waals surface area contributed by atoms with Gasteiger partial charge in [-0.3, -0.25) is 0 Å². The van der Waals surface area contributed by atoms with Gasteiger partial charge >= 0.3 is 6.09 Å². The fourth-order valence-electron chi connectivity index (χ4n) is 5.37. The van der Waals surface area contributed by atoms with E-state index in [0.29, 0.717) is 31.0 Å². The number of nitrogens with zero attached hydrogens (tertiary/aromatic N) is 2. The monoisotopic (exact) mass is 442 g/mol. The molecule has 0 aliphatic carbocycles. The quantitative estimate of drug-likeness (QED) is 0.599. The van der Waals surface area contributed by atoms with Gasteiger partial charge in [0.25, 0.3) is 0 Å². The standard InChI is InChI=1S/C25H28F2N2O3/c1-24(2,3)32-23(30)28-9-8-25(4)17(14-28)16-12-15(21-18(26)6-5-7-19(21)27)13-20-22(16)29(25)10-11-31-20/h5-7,12-13,17H,8-11,14H2,1-4H3. The topological polar surface area (TPSA) is 42.0 Å². The average Bonchev–Trinajstić information content (AvgIpc) is 2.96. The lowest BCUT2D eigenvalue weighted by atomic mass is 9.77. The first-order chi connectivity index (χ1) is 15.1. The molecule has 0 saturated carbocycles. The van der Waals surface area contributed by atoms with Crippen molar-refractivity contribution in [1.82, 2.24) is 4.90 Å². The molecule has 0 spiro atoms. The number of hydrogen-bond acceptors (Lipinski definition) is 4. The van der Waals surface area contributed by atoms with E-state index in [-0.39, 0.29) is 23.1 Å². The molecule has 3 aliphatic heterocycles. The predicted octanol–water partition coefficient (Wildman–Crippen LogP) is 5.33. The third-order valence-corrected chi connectivity index (χ3v) is 6.88. The van der Waals surface area contributed by atoms with Crippen molar-refractivity contribution >= 4 is 11.8 Å². The van der Waals surface area contributed by atoms with Crippen LogP contribution in [-0.2, 0) is 4.74 Å². The Morgan fingerprint density at radius 1 is 1.19 bits per heavy atom. The number of fused-ring (bicyclic) bond motifs is 3. The highest BCUT2D eigenvalue weighted by molar-refractivity contribution is 5.81. The van der Waals surface area contributed by atoms with Crippen molar-refractivity contribution in [2.24, 2.45) is 0 Å². The number of halogens is 2. The predicted molar refractivity (Wildman–Crippen MR) is 118 cm³/mol. The number of ether oxygens (including phenoxy) is 2. The number of likely N-dealkylation sites (tertiary alicyclic amines) is 1. The van der Waals surface area contributed by atoms with Gasteiger partial charge in [0.15, 0.2) is 0 Å². The number of anilines is 1. The second kappa shape index (κ2) is 7.09. The Bertz CT molecular complexity index is 1080. The molecule has 1 amide bonds. The zero-order valence-electron chi connectivity index (χ0n) is 18.9. The summed E-state index contributed by atoms with van der Waals surface area (Å²) in [7, 11) is 0. The van der Waals surface area contributed by atoms with Gasteiger partial charge in [-0.25, -0.2) is 13.6 Å². The molecule has 2 atom stereocenters. The van der Waals surface area contributed by atoms with Crippen molar-refractivity contribution in [2.75, 3.05) is 31.1 Å². The second-order valence-electron chi connectivity index (χ2n) is 10.1. The summed E-state index contributed by atoms with van der Waals surface area (Å²) in [6, 6.07) is 7.49. The van der Waals surface area contributed by atoms with Gasteiger partial charge in [-0.2, -0.15) is 0 Å². The van der Waals surface area contributed by atoms with Crippen LogP contribution in [0, 0.1) is 11.6 Å². The summed E-state index contributed by atoms with van der Waals surface area (Å²) in [4.78, 5) is 16.9. The molecule has 1 saturated heterocycles. The summed E-state index contributed by atoms with van der Waals surface area (Å²) >= 11 is 0. The highest BCUT2D eigenvalue weighted by atomic mass is 19.1. The van der Waals surface area contributed by atoms with Gasteiger partial charge in [0.2, 0.25) is 0 Å². The Morgan fingerprint density at radius 3 is 2.59 bits per heavy atom. The van der Waals surface area contributed by atoms with Crippen LogP contribution in [0.3, 0.4) is 0 Å². The van der Waals surface area contributed by atoms with Crippen molar-refractivity contribution in [3.63, 3.8) is 0 Å². The van der Waals surface area contributed by atoms with E-state index in [1.54, 1.807) is 11.0 Å². The molecule has 3 heterocycles. The van der Waals surface area contributed by atoms with Gasteiger partial charge < -0.3 is 19.3 Å². The molecule has 0 N–H and O–H groups in total. The smallest absolute Gasteiger partial charge is 0.410 e. The molecule has 2 aromatic rings. The van der Waals surface area contributed by atoms with Crippen LogP contribution in [0.2, 0.25) is 0 Å². The summed E-state index contributed by atoms with van der Waals surface area (Å²) in [5, 5.41) is 0. The normalized spacial score (nSPS) is 24.0. The second-order valence-corrected chi connectivity index (χ2v) is 10.1. The maximum absolute atomic E-state index is 14.6. The van der Waals surface area contributed by atoms with Crippen molar-refractivity contribution in [3.05, 3.63) is 47.5 Å². The molecule has 3 aliphatic rings. The van der Waals surface area contributed by atoms with Gasteiger partial charge in [-0.15, -0.1) is 0 Å². The SMILES string of the molecule is CC(C)(C)OC(=O)N1CCC2(C)C(C1)c1cc(-c3c(F)cccc3F)cc3c1N2CCO3. The minimum absolute atomic E-state index is 0.0194. The van der Waals surface area contributed by atoms with E-state index in [1.165, 1.54) is 18.2 Å². The summed E-state index contributed by atoms with van der Waals surface area (Å²) < 4.78 is 40.7. The van der Waals surface area contributed by atoms with Gasteiger partial charge in [0, 0.05) is 24.5 Å². The number of piperidine rings is 1. The van der Waals surface area contributed by atoms with E-state index < -0.39 is 17.2 Å². The number of carbonyl (C=O) groups is 1. The van der Waals surface area contributed by atoms with Crippen LogP contribution in [0.5, 0.6) is 5.75 Å². The van der Waals surface area contributed by atoms with E-state index in [2.05, 4.69) is 11.8 Å². The van der Waals surface area contributed by atoms with Crippen molar-refractivity contribution < 1.29 is 23.0 Å². The summed E-state index contributed by atoms with van der Waals surface area (Å²) in [6.45, 7) is 10.1. The lowest BCUT2D eigenvalue weighted by Crippen LogP contribution is -2.57. The van der Waals surface area contributed by atoms with Crippen LogP contribution in [0.1, 0.15) is 45.6 Å². The van der Waals surface area contributed by atoms with Gasteiger partial charge in [-0.05, 0) is 69.5 Å². The molecule has 7 heteroatoms. The fraction of sp³-hybridized carbons (Fsp3) is 0.480. The van der Waals surface area contributed by atoms with Gasteiger partial charge in [-0.1, -0.05) is 6.07 Å². The van der Waals surface area contributed by atoms with Crippen LogP contribution >= 0.6 is 0 Å². The van der Waals surface area contributed by atoms with Crippen molar-refractivity contribution in [3.8, 4) is 16.9 Å². The highest BCUT2D eigenvalue weighted by Gasteiger charge is 2.53. The summed E-state index contributed by atoms with van der Waals surface area (Å²) in [5.41, 5.74) is 1.57. The number of amides is 1. The Morgan fingerprint density at radius 2 is 1.91 bits per heavy atom. The first-order valence-electron chi connectivity index (χ1n) is 11.1. The zero-order valence-corrected chi connectivity index (χ0v) is 18.9. The first kappa shape index (κ1) is 21.0. The number of rotatable bonds is 1. The molecule has 2 aromatic carbocycles. The number of carbonyl (C=O) groups excluding carboxylic acids is 1. The minimum Gasteiger partial charge on any atom is -0.490 e. The van der Waals surface area contributed by atoms with E-state index in [4.69, 9.17) is 9.47 Å². The number of benzene rings is 2. The maximum atomic E-state index is 14.6. The maximum Gasteiger partial charge on any atom is 0.410 e. The van der Waals surface area contributed by atoms with Crippen LogP contribution in [0.25, 0.3) is 11.1 Å². The third-order valence-electron chi connectivity index (χ3n) is 6.88. The Kier molecular flexibility index (Phi) is 4.66. The lowest BCUT2D eigenvalue weighted by Gasteiger charge is -2.48. The van der Waals surface area contributed by atoms with E-state index >= 15 is 0 Å². The summed E-state index contributed by atoms with van der Waals surface area (Å²) in [6.07, 6.45) is 0.441. The molecular weight excluding hydrogens is 414 g/mol. The Labute approximate surface area is 186 Å². The van der Waals surface area contributed by atoms with E-state index in [1.807, 2.05) is 26.8 Å². The molecular formula is C25H28F2N2O3. The van der Waals surface area contributed by atoms with Gasteiger partial charge in [0.05, 0.1) is 17.8 Å². The van der Waals surface area contributed by atoms with E-state index in [9.17, 15) is 13.6 Å². The number of hydrogen-bond donors (Lipinski definition) is 0. The van der Waals surface area contributed by atoms with Crippen molar-refractivity contribution in [1.29, 1.82) is 0 Å². The van der Waals surface area contributed by atoms with Crippen LogP contribution in [0.15, 0.2) is 30.3 Å².